The molecule has 0 radical (unpaired) electrons. The molecule has 0 spiro atoms. The maximum absolute atomic E-state index is 4.25. The molecular formula is C46H90OS. The molecule has 3 aromatic rings. The van der Waals surface area contributed by atoms with E-state index in [1.54, 1.807) is 26.0 Å². The van der Waals surface area contributed by atoms with Crippen LogP contribution in [-0.2, 0) is 4.74 Å². The van der Waals surface area contributed by atoms with E-state index in [9.17, 15) is 0 Å². The standard InChI is InChI=1S/C8H16.3C6H6.C5H12.C3H8.C2H6O.C2H6S.4C2H6/c1-8(2)6-4-3-5-7-8;3*1-2-4-6-5-3-1;1-5(2,3)4;3*1-3-2;4*1-2/h3-7H2,1-2H3;3*1-6H;1-4H3;3H2,1-2H3;2*1-2H3;4*1-2H3. The van der Waals surface area contributed by atoms with Gasteiger partial charge >= 0.3 is 0 Å². The van der Waals surface area contributed by atoms with Gasteiger partial charge in [0.05, 0.1) is 0 Å². The van der Waals surface area contributed by atoms with E-state index >= 15 is 0 Å². The van der Waals surface area contributed by atoms with Gasteiger partial charge in [-0.05, 0) is 36.2 Å². The molecule has 1 aliphatic carbocycles. The van der Waals surface area contributed by atoms with Gasteiger partial charge in [0.15, 0.2) is 0 Å². The van der Waals surface area contributed by atoms with Crippen LogP contribution < -0.4 is 0 Å². The lowest BCUT2D eigenvalue weighted by molar-refractivity contribution is 0.244. The van der Waals surface area contributed by atoms with E-state index in [0.717, 1.165) is 0 Å². The maximum Gasteiger partial charge on any atom is 0.0351 e. The lowest BCUT2D eigenvalue weighted by Crippen LogP contribution is -2.14. The van der Waals surface area contributed by atoms with Gasteiger partial charge in [-0.15, -0.1) is 0 Å². The Bertz CT molecular complexity index is 563. The Morgan fingerprint density at radius 3 is 0.625 bits per heavy atom. The molecule has 4 rings (SSSR count). The minimum Gasteiger partial charge on any atom is -0.388 e. The zero-order valence-corrected chi connectivity index (χ0v) is 37.3. The number of thioether (sulfide) groups is 1. The third-order valence-corrected chi connectivity index (χ3v) is 4.21. The van der Waals surface area contributed by atoms with Crippen molar-refractivity contribution in [3.63, 3.8) is 0 Å². The van der Waals surface area contributed by atoms with Crippen molar-refractivity contribution in [3.8, 4) is 0 Å². The molecule has 0 N–H and O–H groups in total. The Morgan fingerprint density at radius 2 is 0.562 bits per heavy atom. The van der Waals surface area contributed by atoms with Crippen LogP contribution in [0.3, 0.4) is 0 Å². The van der Waals surface area contributed by atoms with Crippen LogP contribution in [0.1, 0.15) is 149 Å². The highest BCUT2D eigenvalue weighted by molar-refractivity contribution is 7.97. The van der Waals surface area contributed by atoms with Crippen molar-refractivity contribution in [2.45, 2.75) is 149 Å². The Kier molecular flexibility index (Phi) is 90.3. The van der Waals surface area contributed by atoms with Crippen molar-refractivity contribution < 1.29 is 4.74 Å². The number of hydrogen-bond acceptors (Lipinski definition) is 2. The zero-order chi connectivity index (χ0) is 39.4. The topological polar surface area (TPSA) is 9.23 Å². The van der Waals surface area contributed by atoms with Gasteiger partial charge in [-0.25, -0.2) is 0 Å². The first-order valence-electron chi connectivity index (χ1n) is 18.8. The summed E-state index contributed by atoms with van der Waals surface area (Å²) in [5.74, 6) is 0. The molecule has 0 aromatic heterocycles. The Morgan fingerprint density at radius 1 is 0.458 bits per heavy atom. The predicted molar refractivity (Wildman–Crippen MR) is 235 cm³/mol. The van der Waals surface area contributed by atoms with Crippen molar-refractivity contribution in [3.05, 3.63) is 109 Å². The van der Waals surface area contributed by atoms with Crippen LogP contribution in [0.5, 0.6) is 0 Å². The van der Waals surface area contributed by atoms with Crippen LogP contribution in [0.2, 0.25) is 0 Å². The van der Waals surface area contributed by atoms with Crippen molar-refractivity contribution in [1.82, 2.24) is 0 Å². The van der Waals surface area contributed by atoms with Gasteiger partial charge in [-0.1, -0.05) is 246 Å². The molecule has 0 atom stereocenters. The lowest BCUT2D eigenvalue weighted by atomic mass is 9.78. The second-order valence-corrected chi connectivity index (χ2v) is 12.5. The minimum absolute atomic E-state index is 0.500. The van der Waals surface area contributed by atoms with Gasteiger partial charge in [0.2, 0.25) is 0 Å². The molecular weight excluding hydrogens is 601 g/mol. The first-order valence-corrected chi connectivity index (χ1v) is 20.4. The summed E-state index contributed by atoms with van der Waals surface area (Å²) in [5.41, 5.74) is 1.18. The minimum atomic E-state index is 0.500. The smallest absolute Gasteiger partial charge is 0.0351 e. The van der Waals surface area contributed by atoms with Crippen LogP contribution in [0, 0.1) is 10.8 Å². The molecule has 0 amide bonds. The molecule has 3 aromatic carbocycles. The molecule has 0 saturated heterocycles. The summed E-state index contributed by atoms with van der Waals surface area (Å²) in [5, 5.41) is 0. The fourth-order valence-corrected chi connectivity index (χ4v) is 2.66. The van der Waals surface area contributed by atoms with Gasteiger partial charge in [0, 0.05) is 14.2 Å². The molecule has 0 aliphatic heterocycles. The highest BCUT2D eigenvalue weighted by Gasteiger charge is 2.19. The van der Waals surface area contributed by atoms with Crippen LogP contribution in [-0.4, -0.2) is 26.7 Å². The van der Waals surface area contributed by atoms with Crippen LogP contribution in [0.25, 0.3) is 0 Å². The molecule has 1 aliphatic rings. The second kappa shape index (κ2) is 67.2. The van der Waals surface area contributed by atoms with E-state index < -0.39 is 0 Å². The molecule has 0 bridgehead atoms. The SMILES string of the molecule is CC.CC.CC.CC.CC(C)(C)C.CC1(C)CCCCC1.CCC.COC.CSC.c1ccccc1.c1ccccc1.c1ccccc1. The summed E-state index contributed by atoms with van der Waals surface area (Å²) < 4.78 is 4.25. The van der Waals surface area contributed by atoms with E-state index in [4.69, 9.17) is 0 Å². The highest BCUT2D eigenvalue weighted by atomic mass is 32.2. The Hall–Kier alpha value is -2.03. The summed E-state index contributed by atoms with van der Waals surface area (Å²) in [6.45, 7) is 33.8. The van der Waals surface area contributed by atoms with Crippen LogP contribution in [0.4, 0.5) is 0 Å². The van der Waals surface area contributed by atoms with Crippen molar-refractivity contribution in [2.24, 2.45) is 10.8 Å². The third-order valence-electron chi connectivity index (χ3n) is 4.21. The fourth-order valence-electron chi connectivity index (χ4n) is 2.66. The second-order valence-electron chi connectivity index (χ2n) is 11.7. The van der Waals surface area contributed by atoms with Gasteiger partial charge in [0.1, 0.15) is 0 Å². The summed E-state index contributed by atoms with van der Waals surface area (Å²) >= 11 is 1.75. The molecule has 1 nitrogen and oxygen atoms in total. The third kappa shape index (κ3) is 120. The van der Waals surface area contributed by atoms with Crippen molar-refractivity contribution >= 4 is 11.8 Å². The molecule has 48 heavy (non-hydrogen) atoms. The van der Waals surface area contributed by atoms with E-state index in [0.29, 0.717) is 10.8 Å². The number of methoxy groups -OCH3 is 1. The summed E-state index contributed by atoms with van der Waals surface area (Å²) in [6, 6.07) is 36.0. The number of ether oxygens (including phenoxy) is 1. The van der Waals surface area contributed by atoms with Gasteiger partial charge in [-0.2, -0.15) is 11.8 Å². The predicted octanol–water partition coefficient (Wildman–Crippen LogP) is 16.9. The van der Waals surface area contributed by atoms with Crippen molar-refractivity contribution in [2.75, 3.05) is 26.7 Å². The number of benzene rings is 3. The fraction of sp³-hybridized carbons (Fsp3) is 0.609. The first kappa shape index (κ1) is 64.5. The van der Waals surface area contributed by atoms with Crippen LogP contribution >= 0.6 is 11.8 Å². The first-order chi connectivity index (χ1) is 22.9. The monoisotopic (exact) mass is 691 g/mol. The van der Waals surface area contributed by atoms with Gasteiger partial charge in [0.25, 0.3) is 0 Å². The quantitative estimate of drug-likeness (QED) is 0.232. The highest BCUT2D eigenvalue weighted by Crippen LogP contribution is 2.34. The Balaban J connectivity index is -0.0000000628. The average molecular weight is 691 g/mol. The molecule has 1 saturated carbocycles. The summed E-state index contributed by atoms with van der Waals surface area (Å²) in [7, 11) is 3.25. The lowest BCUT2D eigenvalue weighted by Gasteiger charge is -2.28. The van der Waals surface area contributed by atoms with E-state index in [1.165, 1.54) is 38.5 Å². The zero-order valence-electron chi connectivity index (χ0n) is 36.5. The van der Waals surface area contributed by atoms with E-state index in [-0.39, 0.29) is 0 Å². The molecule has 0 heterocycles. The average Bonchev–Trinajstić information content (AvgIpc) is 3.12. The summed E-state index contributed by atoms with van der Waals surface area (Å²) in [6.07, 6.45) is 12.6. The largest absolute Gasteiger partial charge is 0.388 e. The maximum atomic E-state index is 4.25. The molecule has 286 valence electrons. The van der Waals surface area contributed by atoms with Crippen LogP contribution in [0.15, 0.2) is 109 Å². The molecule has 1 fully saturated rings. The summed E-state index contributed by atoms with van der Waals surface area (Å²) in [4.78, 5) is 0. The number of hydrogen-bond donors (Lipinski definition) is 0. The Labute approximate surface area is 311 Å². The normalized spacial score (nSPS) is 10.5. The number of rotatable bonds is 0. The van der Waals surface area contributed by atoms with E-state index in [2.05, 4.69) is 60.1 Å². The molecule has 2 heteroatoms. The van der Waals surface area contributed by atoms with Gasteiger partial charge in [-0.3, -0.25) is 0 Å². The van der Waals surface area contributed by atoms with E-state index in [1.807, 2.05) is 177 Å². The van der Waals surface area contributed by atoms with Gasteiger partial charge < -0.3 is 4.74 Å². The molecule has 0 unspecified atom stereocenters. The van der Waals surface area contributed by atoms with Crippen molar-refractivity contribution in [1.29, 1.82) is 0 Å².